The fraction of sp³-hybridized carbons (Fsp3) is 0.385. The number of thioether (sulfide) groups is 1. The van der Waals surface area contributed by atoms with Crippen molar-refractivity contribution in [2.75, 3.05) is 11.5 Å². The van der Waals surface area contributed by atoms with E-state index in [1.54, 1.807) is 23.9 Å². The minimum absolute atomic E-state index is 0.314. The van der Waals surface area contributed by atoms with Crippen LogP contribution in [-0.2, 0) is 4.79 Å². The Hall–Kier alpha value is -0.760. The van der Waals surface area contributed by atoms with Gasteiger partial charge in [0.15, 0.2) is 0 Å². The first kappa shape index (κ1) is 14.6. The van der Waals surface area contributed by atoms with E-state index >= 15 is 0 Å². The summed E-state index contributed by atoms with van der Waals surface area (Å²) in [6.07, 6.45) is 0.951. The lowest BCUT2D eigenvalue weighted by Crippen LogP contribution is -2.56. The van der Waals surface area contributed by atoms with E-state index in [4.69, 9.17) is 0 Å². The molecule has 4 nitrogen and oxygen atoms in total. The molecule has 1 saturated heterocycles. The quantitative estimate of drug-likeness (QED) is 0.777. The third kappa shape index (κ3) is 3.42. The molecule has 1 amide bonds. The van der Waals surface area contributed by atoms with Crippen LogP contribution in [0.25, 0.3) is 0 Å². The summed E-state index contributed by atoms with van der Waals surface area (Å²) in [5.41, 5.74) is -0.607. The molecule has 1 fully saturated rings. The standard InChI is InChI=1S/C13H14INO3S/c14-10-3-1-9(2-4-10)11(16)15-13(12(17)18)5-7-19-8-6-13/h1-4H,5-8H2,(H,15,16)(H,17,18). The molecule has 1 aliphatic heterocycles. The zero-order valence-corrected chi connectivity index (χ0v) is 13.2. The predicted octanol–water partition coefficient (Wildman–Crippen LogP) is 2.37. The van der Waals surface area contributed by atoms with Crippen molar-refractivity contribution in [2.45, 2.75) is 18.4 Å². The molecule has 0 atom stereocenters. The van der Waals surface area contributed by atoms with Gasteiger partial charge in [0.25, 0.3) is 5.91 Å². The van der Waals surface area contributed by atoms with Crippen LogP contribution in [0.5, 0.6) is 0 Å². The summed E-state index contributed by atoms with van der Waals surface area (Å²) in [5.74, 6) is 0.274. The number of halogens is 1. The highest BCUT2D eigenvalue weighted by Crippen LogP contribution is 2.27. The molecule has 1 heterocycles. The molecular formula is C13H14INO3S. The summed E-state index contributed by atoms with van der Waals surface area (Å²) in [6, 6.07) is 7.09. The van der Waals surface area contributed by atoms with E-state index in [0.29, 0.717) is 18.4 Å². The third-order valence-electron chi connectivity index (χ3n) is 3.21. The van der Waals surface area contributed by atoms with Crippen molar-refractivity contribution in [2.24, 2.45) is 0 Å². The van der Waals surface area contributed by atoms with E-state index in [0.717, 1.165) is 15.1 Å². The second-order valence-corrected chi connectivity index (χ2v) is 6.93. The van der Waals surface area contributed by atoms with E-state index in [9.17, 15) is 14.7 Å². The van der Waals surface area contributed by atoms with Crippen LogP contribution in [0.2, 0.25) is 0 Å². The highest BCUT2D eigenvalue weighted by atomic mass is 127. The Bertz CT molecular complexity index is 483. The summed E-state index contributed by atoms with van der Waals surface area (Å²) in [4.78, 5) is 23.6. The Balaban J connectivity index is 2.15. The second kappa shape index (κ2) is 6.13. The predicted molar refractivity (Wildman–Crippen MR) is 83.6 cm³/mol. The Labute approximate surface area is 129 Å². The molecule has 0 unspecified atom stereocenters. The number of carboxylic acid groups (broad SMARTS) is 1. The average Bonchev–Trinajstić information content (AvgIpc) is 2.40. The Morgan fingerprint density at radius 3 is 2.32 bits per heavy atom. The van der Waals surface area contributed by atoms with Crippen molar-refractivity contribution in [3.8, 4) is 0 Å². The Morgan fingerprint density at radius 2 is 1.79 bits per heavy atom. The molecule has 1 aromatic carbocycles. The number of hydrogen-bond acceptors (Lipinski definition) is 3. The van der Waals surface area contributed by atoms with Gasteiger partial charge in [0, 0.05) is 9.13 Å². The molecule has 0 radical (unpaired) electrons. The molecule has 0 aliphatic carbocycles. The van der Waals surface area contributed by atoms with Crippen molar-refractivity contribution in [1.82, 2.24) is 5.32 Å². The number of benzene rings is 1. The Kier molecular flexibility index (Phi) is 4.72. The molecule has 6 heteroatoms. The first-order valence-corrected chi connectivity index (χ1v) is 8.16. The van der Waals surface area contributed by atoms with Gasteiger partial charge in [-0.2, -0.15) is 11.8 Å². The molecule has 19 heavy (non-hydrogen) atoms. The topological polar surface area (TPSA) is 66.4 Å². The fourth-order valence-electron chi connectivity index (χ4n) is 2.00. The maximum absolute atomic E-state index is 12.2. The summed E-state index contributed by atoms with van der Waals surface area (Å²) in [7, 11) is 0. The number of nitrogens with one attached hydrogen (secondary N) is 1. The Morgan fingerprint density at radius 1 is 1.21 bits per heavy atom. The van der Waals surface area contributed by atoms with Gasteiger partial charge in [-0.3, -0.25) is 4.79 Å². The van der Waals surface area contributed by atoms with Crippen molar-refractivity contribution < 1.29 is 14.7 Å². The van der Waals surface area contributed by atoms with Gasteiger partial charge in [0.1, 0.15) is 5.54 Å². The number of aliphatic carboxylic acids is 1. The first-order chi connectivity index (χ1) is 9.03. The molecule has 0 spiro atoms. The number of rotatable bonds is 3. The minimum atomic E-state index is -1.11. The van der Waals surface area contributed by atoms with Crippen LogP contribution in [0.3, 0.4) is 0 Å². The van der Waals surface area contributed by atoms with Crippen molar-refractivity contribution in [1.29, 1.82) is 0 Å². The van der Waals surface area contributed by atoms with Crippen LogP contribution in [-0.4, -0.2) is 34.0 Å². The second-order valence-electron chi connectivity index (χ2n) is 4.46. The lowest BCUT2D eigenvalue weighted by atomic mass is 9.92. The average molecular weight is 391 g/mol. The number of hydrogen-bond donors (Lipinski definition) is 2. The first-order valence-electron chi connectivity index (χ1n) is 5.93. The number of carbonyl (C=O) groups excluding carboxylic acids is 1. The van der Waals surface area contributed by atoms with Crippen LogP contribution in [0, 0.1) is 3.57 Å². The third-order valence-corrected chi connectivity index (χ3v) is 4.92. The summed E-state index contributed by atoms with van der Waals surface area (Å²) >= 11 is 3.88. The van der Waals surface area contributed by atoms with Crippen LogP contribution in [0.1, 0.15) is 23.2 Å². The molecule has 102 valence electrons. The van der Waals surface area contributed by atoms with Crippen LogP contribution in [0.15, 0.2) is 24.3 Å². The van der Waals surface area contributed by atoms with Gasteiger partial charge in [-0.05, 0) is 71.2 Å². The summed E-state index contributed by atoms with van der Waals surface area (Å²) < 4.78 is 1.04. The number of carbonyl (C=O) groups is 2. The van der Waals surface area contributed by atoms with E-state index in [2.05, 4.69) is 27.9 Å². The summed E-state index contributed by atoms with van der Waals surface area (Å²) in [6.45, 7) is 0. The number of carboxylic acids is 1. The van der Waals surface area contributed by atoms with Gasteiger partial charge in [0.2, 0.25) is 0 Å². The van der Waals surface area contributed by atoms with Crippen LogP contribution < -0.4 is 5.32 Å². The molecule has 0 aromatic heterocycles. The SMILES string of the molecule is O=C(NC1(C(=O)O)CCSCC1)c1ccc(I)cc1. The van der Waals surface area contributed by atoms with Crippen LogP contribution in [0.4, 0.5) is 0 Å². The molecule has 0 bridgehead atoms. The highest BCUT2D eigenvalue weighted by Gasteiger charge is 2.41. The van der Waals surface area contributed by atoms with Gasteiger partial charge in [-0.1, -0.05) is 0 Å². The number of amides is 1. The summed E-state index contributed by atoms with van der Waals surface area (Å²) in [5, 5.41) is 12.1. The van der Waals surface area contributed by atoms with Gasteiger partial charge < -0.3 is 10.4 Å². The maximum atomic E-state index is 12.2. The molecular weight excluding hydrogens is 377 g/mol. The molecule has 1 aromatic rings. The van der Waals surface area contributed by atoms with Crippen LogP contribution >= 0.6 is 34.4 Å². The zero-order chi connectivity index (χ0) is 13.9. The zero-order valence-electron chi connectivity index (χ0n) is 10.2. The highest BCUT2D eigenvalue weighted by molar-refractivity contribution is 14.1. The van der Waals surface area contributed by atoms with Crippen molar-refractivity contribution >= 4 is 46.2 Å². The fourth-order valence-corrected chi connectivity index (χ4v) is 3.55. The maximum Gasteiger partial charge on any atom is 0.329 e. The van der Waals surface area contributed by atoms with E-state index in [-0.39, 0.29) is 5.91 Å². The monoisotopic (exact) mass is 391 g/mol. The minimum Gasteiger partial charge on any atom is -0.480 e. The van der Waals surface area contributed by atoms with Crippen molar-refractivity contribution in [3.05, 3.63) is 33.4 Å². The van der Waals surface area contributed by atoms with Crippen molar-refractivity contribution in [3.63, 3.8) is 0 Å². The lowest BCUT2D eigenvalue weighted by Gasteiger charge is -2.33. The van der Waals surface area contributed by atoms with Gasteiger partial charge >= 0.3 is 5.97 Å². The molecule has 1 aliphatic rings. The van der Waals surface area contributed by atoms with Gasteiger partial charge in [-0.25, -0.2) is 4.79 Å². The van der Waals surface area contributed by atoms with E-state index in [1.807, 2.05) is 12.1 Å². The molecule has 2 rings (SSSR count). The van der Waals surface area contributed by atoms with E-state index < -0.39 is 11.5 Å². The van der Waals surface area contributed by atoms with E-state index in [1.165, 1.54) is 0 Å². The lowest BCUT2D eigenvalue weighted by molar-refractivity contribution is -0.144. The molecule has 0 saturated carbocycles. The van der Waals surface area contributed by atoms with Gasteiger partial charge in [0.05, 0.1) is 0 Å². The normalized spacial score (nSPS) is 17.7. The smallest absolute Gasteiger partial charge is 0.329 e. The molecule has 2 N–H and O–H groups in total. The largest absolute Gasteiger partial charge is 0.480 e. The van der Waals surface area contributed by atoms with Gasteiger partial charge in [-0.15, -0.1) is 0 Å².